The summed E-state index contributed by atoms with van der Waals surface area (Å²) in [6.07, 6.45) is 21.2. The van der Waals surface area contributed by atoms with Crippen LogP contribution in [0.5, 0.6) is 0 Å². The summed E-state index contributed by atoms with van der Waals surface area (Å²) >= 11 is 0. The molecule has 0 aromatic rings. The second-order valence-electron chi connectivity index (χ2n) is 6.74. The highest BCUT2D eigenvalue weighted by atomic mass is 16.6. The van der Waals surface area contributed by atoms with Crippen LogP contribution in [-0.2, 0) is 14.3 Å². The van der Waals surface area contributed by atoms with Crippen molar-refractivity contribution in [1.82, 2.24) is 5.32 Å². The van der Waals surface area contributed by atoms with Gasteiger partial charge >= 0.3 is 0 Å². The first kappa shape index (κ1) is 20.6. The number of hydrogen-bond acceptors (Lipinski definition) is 6. The Labute approximate surface area is 171 Å². The van der Waals surface area contributed by atoms with E-state index in [4.69, 9.17) is 19.7 Å². The minimum atomic E-state index is 0.388. The minimum Gasteiger partial charge on any atom is -0.496 e. The van der Waals surface area contributed by atoms with Gasteiger partial charge in [-0.05, 0) is 25.0 Å². The summed E-state index contributed by atoms with van der Waals surface area (Å²) < 4.78 is 10.9. The predicted octanol–water partition coefficient (Wildman–Crippen LogP) is 3.74. The normalized spacial score (nSPS) is 24.3. The second kappa shape index (κ2) is 10.4. The van der Waals surface area contributed by atoms with Crippen molar-refractivity contribution >= 4 is 11.4 Å². The first-order chi connectivity index (χ1) is 14.2. The van der Waals surface area contributed by atoms with Crippen LogP contribution in [0.25, 0.3) is 0 Å². The zero-order valence-corrected chi connectivity index (χ0v) is 16.9. The van der Waals surface area contributed by atoms with Gasteiger partial charge in [0.1, 0.15) is 18.6 Å². The van der Waals surface area contributed by atoms with E-state index < -0.39 is 0 Å². The monoisotopic (exact) mass is 393 g/mol. The van der Waals surface area contributed by atoms with Gasteiger partial charge in [0.15, 0.2) is 0 Å². The molecule has 1 saturated heterocycles. The van der Waals surface area contributed by atoms with Crippen LogP contribution in [0.15, 0.2) is 88.5 Å². The molecule has 29 heavy (non-hydrogen) atoms. The smallest absolute Gasteiger partial charge is 0.128 e. The first-order valence-electron chi connectivity index (χ1n) is 9.66. The van der Waals surface area contributed by atoms with Gasteiger partial charge in [0.05, 0.1) is 12.8 Å². The Hall–Kier alpha value is -3.12. The van der Waals surface area contributed by atoms with Crippen LogP contribution < -0.4 is 5.32 Å². The number of nitrogens with one attached hydrogen (secondary N) is 2. The molecular formula is C23H27N3O3. The van der Waals surface area contributed by atoms with Gasteiger partial charge in [-0.1, -0.05) is 41.6 Å². The number of hydrogen-bond donors (Lipinski definition) is 2. The maximum Gasteiger partial charge on any atom is 0.128 e. The van der Waals surface area contributed by atoms with Gasteiger partial charge in [-0.3, -0.25) is 0 Å². The molecule has 152 valence electrons. The average molecular weight is 393 g/mol. The maximum atomic E-state index is 8.28. The molecular weight excluding hydrogens is 366 g/mol. The van der Waals surface area contributed by atoms with Crippen molar-refractivity contribution in [2.75, 3.05) is 27.4 Å². The Morgan fingerprint density at radius 2 is 1.93 bits per heavy atom. The summed E-state index contributed by atoms with van der Waals surface area (Å²) in [5.41, 5.74) is 3.87. The standard InChI is InChI=1S/C23H27N3O3/c1-27-23-15-21(24)19(16-25-20-10-12-29-13-11-20)14-18(23)8-5-7-17-6-3-4-9-22(17)26-28-2/h3-9,14-16,20,24-25H,10-13H2,1-2H3/b8-5+,17-7-,19-16-,24-21?,26-22+. The van der Waals surface area contributed by atoms with Gasteiger partial charge in [-0.2, -0.15) is 0 Å². The molecule has 2 aliphatic carbocycles. The summed E-state index contributed by atoms with van der Waals surface area (Å²) in [6.45, 7) is 1.56. The molecule has 0 aromatic carbocycles. The Balaban J connectivity index is 1.76. The molecule has 0 radical (unpaired) electrons. The average Bonchev–Trinajstić information content (AvgIpc) is 2.75. The van der Waals surface area contributed by atoms with Crippen LogP contribution in [0.1, 0.15) is 12.8 Å². The third-order valence-corrected chi connectivity index (χ3v) is 4.78. The van der Waals surface area contributed by atoms with Crippen LogP contribution in [-0.4, -0.2) is 44.9 Å². The van der Waals surface area contributed by atoms with Gasteiger partial charge < -0.3 is 25.0 Å². The van der Waals surface area contributed by atoms with Crippen molar-refractivity contribution in [3.63, 3.8) is 0 Å². The molecule has 0 aromatic heterocycles. The third kappa shape index (κ3) is 5.68. The number of rotatable bonds is 6. The molecule has 0 saturated carbocycles. The summed E-state index contributed by atoms with van der Waals surface area (Å²) in [5.74, 6) is 0.665. The molecule has 6 heteroatoms. The maximum absolute atomic E-state index is 8.28. The lowest BCUT2D eigenvalue weighted by Gasteiger charge is -2.23. The van der Waals surface area contributed by atoms with Crippen LogP contribution in [0.4, 0.5) is 0 Å². The van der Waals surface area contributed by atoms with Gasteiger partial charge in [-0.25, -0.2) is 0 Å². The van der Waals surface area contributed by atoms with E-state index >= 15 is 0 Å². The van der Waals surface area contributed by atoms with E-state index in [9.17, 15) is 0 Å². The molecule has 0 bridgehead atoms. The number of ether oxygens (including phenoxy) is 2. The molecule has 2 N–H and O–H groups in total. The highest BCUT2D eigenvalue weighted by molar-refractivity contribution is 6.11. The highest BCUT2D eigenvalue weighted by Crippen LogP contribution is 2.22. The Morgan fingerprint density at radius 1 is 1.14 bits per heavy atom. The number of methoxy groups -OCH3 is 1. The molecule has 1 aliphatic heterocycles. The zero-order chi connectivity index (χ0) is 20.5. The highest BCUT2D eigenvalue weighted by Gasteiger charge is 2.16. The number of nitrogens with zero attached hydrogens (tertiary/aromatic N) is 1. The summed E-state index contributed by atoms with van der Waals surface area (Å²) in [7, 11) is 3.15. The van der Waals surface area contributed by atoms with Crippen molar-refractivity contribution in [1.29, 1.82) is 5.41 Å². The van der Waals surface area contributed by atoms with Crippen molar-refractivity contribution < 1.29 is 14.3 Å². The van der Waals surface area contributed by atoms with Crippen LogP contribution >= 0.6 is 0 Å². The molecule has 6 nitrogen and oxygen atoms in total. The Morgan fingerprint density at radius 3 is 2.69 bits per heavy atom. The molecule has 1 fully saturated rings. The molecule has 0 atom stereocenters. The van der Waals surface area contributed by atoms with Crippen LogP contribution in [0.2, 0.25) is 0 Å². The molecule has 1 heterocycles. The fourth-order valence-corrected chi connectivity index (χ4v) is 3.18. The molecule has 0 spiro atoms. The number of allylic oxidation sites excluding steroid dienone is 11. The Kier molecular flexibility index (Phi) is 7.41. The lowest BCUT2D eigenvalue weighted by molar-refractivity contribution is 0.0812. The van der Waals surface area contributed by atoms with E-state index in [1.54, 1.807) is 13.2 Å². The van der Waals surface area contributed by atoms with Crippen molar-refractivity contribution in [2.45, 2.75) is 18.9 Å². The molecule has 3 aliphatic rings. The van der Waals surface area contributed by atoms with E-state index in [1.165, 1.54) is 7.11 Å². The minimum absolute atomic E-state index is 0.388. The largest absolute Gasteiger partial charge is 0.496 e. The third-order valence-electron chi connectivity index (χ3n) is 4.78. The second-order valence-corrected chi connectivity index (χ2v) is 6.74. The van der Waals surface area contributed by atoms with E-state index in [0.29, 0.717) is 17.5 Å². The molecule has 0 amide bonds. The molecule has 0 unspecified atom stereocenters. The van der Waals surface area contributed by atoms with E-state index in [-0.39, 0.29) is 0 Å². The fraction of sp³-hybridized carbons (Fsp3) is 0.304. The van der Waals surface area contributed by atoms with Gasteiger partial charge in [0, 0.05) is 48.3 Å². The lowest BCUT2D eigenvalue weighted by atomic mass is 9.98. The predicted molar refractivity (Wildman–Crippen MR) is 116 cm³/mol. The zero-order valence-electron chi connectivity index (χ0n) is 16.9. The van der Waals surface area contributed by atoms with Crippen molar-refractivity contribution in [3.8, 4) is 0 Å². The molecule has 3 rings (SSSR count). The first-order valence-corrected chi connectivity index (χ1v) is 9.66. The number of oxime groups is 1. The van der Waals surface area contributed by atoms with E-state index in [0.717, 1.165) is 48.5 Å². The summed E-state index contributed by atoms with van der Waals surface area (Å²) in [4.78, 5) is 4.90. The quantitative estimate of drug-likeness (QED) is 0.674. The lowest BCUT2D eigenvalue weighted by Crippen LogP contribution is -2.31. The topological polar surface area (TPSA) is 75.9 Å². The van der Waals surface area contributed by atoms with Gasteiger partial charge in [0.25, 0.3) is 0 Å². The van der Waals surface area contributed by atoms with Crippen molar-refractivity contribution in [2.24, 2.45) is 5.16 Å². The van der Waals surface area contributed by atoms with E-state index in [2.05, 4.69) is 10.5 Å². The fourth-order valence-electron chi connectivity index (χ4n) is 3.18. The van der Waals surface area contributed by atoms with Gasteiger partial charge in [-0.15, -0.1) is 0 Å². The summed E-state index contributed by atoms with van der Waals surface area (Å²) in [5, 5.41) is 15.7. The van der Waals surface area contributed by atoms with Crippen LogP contribution in [0, 0.1) is 5.41 Å². The Bertz CT molecular complexity index is 864. The SMILES string of the molecule is CO\N=C1/C=CC=C/C1=C/C=C/C1=CC(=C/NC2CCOCC2)/C(=N)C=C1OC. The van der Waals surface area contributed by atoms with Crippen molar-refractivity contribution in [3.05, 3.63) is 83.4 Å². The summed E-state index contributed by atoms with van der Waals surface area (Å²) in [6, 6.07) is 0.388. The van der Waals surface area contributed by atoms with E-state index in [1.807, 2.05) is 54.8 Å². The van der Waals surface area contributed by atoms with Crippen LogP contribution in [0.3, 0.4) is 0 Å². The van der Waals surface area contributed by atoms with Gasteiger partial charge in [0.2, 0.25) is 0 Å².